The summed E-state index contributed by atoms with van der Waals surface area (Å²) in [7, 11) is 1.94. The van der Waals surface area contributed by atoms with E-state index < -0.39 is 0 Å². The van der Waals surface area contributed by atoms with E-state index >= 15 is 0 Å². The molecule has 0 aromatic carbocycles. The van der Waals surface area contributed by atoms with Gasteiger partial charge in [0.25, 0.3) is 0 Å². The molecule has 0 unspecified atom stereocenters. The summed E-state index contributed by atoms with van der Waals surface area (Å²) < 4.78 is 7.57. The Hall–Kier alpha value is -1.69. The predicted octanol–water partition coefficient (Wildman–Crippen LogP) is 2.74. The summed E-state index contributed by atoms with van der Waals surface area (Å²) in [5.41, 5.74) is 0.921. The number of aromatic nitrogens is 4. The second-order valence-corrected chi connectivity index (χ2v) is 6.74. The smallest absolute Gasteiger partial charge is 0.163 e. The highest BCUT2D eigenvalue weighted by Crippen LogP contribution is 2.30. The maximum Gasteiger partial charge on any atom is 0.163 e. The van der Waals surface area contributed by atoms with Crippen LogP contribution < -0.4 is 4.90 Å². The molecule has 1 aliphatic heterocycles. The van der Waals surface area contributed by atoms with Crippen LogP contribution in [0, 0.1) is 5.92 Å². The molecule has 3 rings (SSSR count). The van der Waals surface area contributed by atoms with E-state index in [0.29, 0.717) is 11.8 Å². The summed E-state index contributed by atoms with van der Waals surface area (Å²) in [6.07, 6.45) is 4.12. The SMILES string of the molecule is CCCOC[C@H]1CCN(c2nc(C(C)C)nc3c2cnn3C)C1. The Bertz CT molecular complexity index is 666. The molecule has 1 saturated heterocycles. The van der Waals surface area contributed by atoms with Gasteiger partial charge in [0.15, 0.2) is 5.65 Å². The third kappa shape index (κ3) is 3.32. The van der Waals surface area contributed by atoms with Crippen molar-refractivity contribution in [2.24, 2.45) is 13.0 Å². The molecule has 3 heterocycles. The quantitative estimate of drug-likeness (QED) is 0.767. The Kier molecular flexibility index (Phi) is 4.80. The highest BCUT2D eigenvalue weighted by molar-refractivity contribution is 5.87. The van der Waals surface area contributed by atoms with Crippen molar-refractivity contribution in [3.8, 4) is 0 Å². The molecule has 1 atom stereocenters. The molecule has 0 aliphatic carbocycles. The minimum atomic E-state index is 0.305. The van der Waals surface area contributed by atoms with Crippen LogP contribution in [-0.4, -0.2) is 46.1 Å². The molecule has 0 N–H and O–H groups in total. The molecule has 0 spiro atoms. The molecule has 0 radical (unpaired) electrons. The zero-order chi connectivity index (χ0) is 16.4. The molecular formula is C17H27N5O. The number of anilines is 1. The monoisotopic (exact) mass is 317 g/mol. The second kappa shape index (κ2) is 6.83. The number of hydrogen-bond donors (Lipinski definition) is 0. The zero-order valence-corrected chi connectivity index (χ0v) is 14.6. The average molecular weight is 317 g/mol. The van der Waals surface area contributed by atoms with E-state index in [9.17, 15) is 0 Å². The summed E-state index contributed by atoms with van der Waals surface area (Å²) in [4.78, 5) is 11.9. The standard InChI is InChI=1S/C17H27N5O/c1-5-8-23-11-13-6-7-22(10-13)17-14-9-18-21(4)16(14)19-15(20-17)12(2)3/h9,12-13H,5-8,10-11H2,1-4H3/t13-/m0/s1. The first-order valence-electron chi connectivity index (χ1n) is 8.62. The molecule has 6 heteroatoms. The molecule has 126 valence electrons. The van der Waals surface area contributed by atoms with Gasteiger partial charge in [-0.2, -0.15) is 5.10 Å². The van der Waals surface area contributed by atoms with E-state index in [2.05, 4.69) is 35.8 Å². The van der Waals surface area contributed by atoms with Crippen LogP contribution in [-0.2, 0) is 11.8 Å². The van der Waals surface area contributed by atoms with Gasteiger partial charge >= 0.3 is 0 Å². The maximum atomic E-state index is 5.73. The predicted molar refractivity (Wildman–Crippen MR) is 91.8 cm³/mol. The van der Waals surface area contributed by atoms with E-state index in [4.69, 9.17) is 9.72 Å². The fourth-order valence-electron chi connectivity index (χ4n) is 3.08. The minimum Gasteiger partial charge on any atom is -0.381 e. The van der Waals surface area contributed by atoms with Crippen LogP contribution in [0.25, 0.3) is 11.0 Å². The maximum absolute atomic E-state index is 5.73. The van der Waals surface area contributed by atoms with Crippen molar-refractivity contribution in [3.05, 3.63) is 12.0 Å². The van der Waals surface area contributed by atoms with Crippen LogP contribution >= 0.6 is 0 Å². The van der Waals surface area contributed by atoms with Crippen molar-refractivity contribution < 1.29 is 4.74 Å². The first-order chi connectivity index (χ1) is 11.1. The molecular weight excluding hydrogens is 290 g/mol. The summed E-state index contributed by atoms with van der Waals surface area (Å²) in [5.74, 6) is 2.82. The lowest BCUT2D eigenvalue weighted by Crippen LogP contribution is -2.23. The molecule has 2 aromatic heterocycles. The van der Waals surface area contributed by atoms with E-state index in [1.54, 1.807) is 0 Å². The van der Waals surface area contributed by atoms with Gasteiger partial charge in [-0.05, 0) is 12.8 Å². The van der Waals surface area contributed by atoms with Crippen molar-refractivity contribution in [1.29, 1.82) is 0 Å². The lowest BCUT2D eigenvalue weighted by Gasteiger charge is -2.20. The molecule has 0 bridgehead atoms. The van der Waals surface area contributed by atoms with Gasteiger partial charge in [-0.15, -0.1) is 0 Å². The van der Waals surface area contributed by atoms with E-state index in [-0.39, 0.29) is 0 Å². The van der Waals surface area contributed by atoms with Crippen molar-refractivity contribution in [2.75, 3.05) is 31.2 Å². The summed E-state index contributed by atoms with van der Waals surface area (Å²) in [6, 6.07) is 0. The fraction of sp³-hybridized carbons (Fsp3) is 0.706. The number of nitrogens with zero attached hydrogens (tertiary/aromatic N) is 5. The van der Waals surface area contributed by atoms with Crippen molar-refractivity contribution >= 4 is 16.9 Å². The average Bonchev–Trinajstić information content (AvgIpc) is 3.14. The van der Waals surface area contributed by atoms with Crippen LogP contribution in [0.2, 0.25) is 0 Å². The Morgan fingerprint density at radius 2 is 2.17 bits per heavy atom. The van der Waals surface area contributed by atoms with Gasteiger partial charge in [-0.1, -0.05) is 20.8 Å². The fourth-order valence-corrected chi connectivity index (χ4v) is 3.08. The minimum absolute atomic E-state index is 0.305. The van der Waals surface area contributed by atoms with Crippen molar-refractivity contribution in [3.63, 3.8) is 0 Å². The van der Waals surface area contributed by atoms with Crippen LogP contribution in [0.15, 0.2) is 6.20 Å². The Morgan fingerprint density at radius 3 is 2.91 bits per heavy atom. The van der Waals surface area contributed by atoms with Gasteiger partial charge in [0.1, 0.15) is 11.6 Å². The topological polar surface area (TPSA) is 56.1 Å². The number of ether oxygens (including phenoxy) is 1. The number of hydrogen-bond acceptors (Lipinski definition) is 5. The molecule has 6 nitrogen and oxygen atoms in total. The lowest BCUT2D eigenvalue weighted by atomic mass is 10.1. The van der Waals surface area contributed by atoms with Gasteiger partial charge in [0.05, 0.1) is 18.2 Å². The van der Waals surface area contributed by atoms with Gasteiger partial charge < -0.3 is 9.64 Å². The summed E-state index contributed by atoms with van der Waals surface area (Å²) in [5, 5.41) is 5.42. The molecule has 2 aromatic rings. The van der Waals surface area contributed by atoms with Gasteiger partial charge in [0.2, 0.25) is 0 Å². The van der Waals surface area contributed by atoms with Crippen molar-refractivity contribution in [1.82, 2.24) is 19.7 Å². The molecule has 23 heavy (non-hydrogen) atoms. The van der Waals surface area contributed by atoms with Crippen LogP contribution in [0.5, 0.6) is 0 Å². The van der Waals surface area contributed by atoms with Gasteiger partial charge in [-0.25, -0.2) is 9.97 Å². The van der Waals surface area contributed by atoms with E-state index in [1.807, 2.05) is 17.9 Å². The highest BCUT2D eigenvalue weighted by atomic mass is 16.5. The third-order valence-electron chi connectivity index (χ3n) is 4.39. The molecule has 0 amide bonds. The Morgan fingerprint density at radius 1 is 1.35 bits per heavy atom. The number of fused-ring (bicyclic) bond motifs is 1. The third-order valence-corrected chi connectivity index (χ3v) is 4.39. The zero-order valence-electron chi connectivity index (χ0n) is 14.6. The molecule has 1 aliphatic rings. The summed E-state index contributed by atoms with van der Waals surface area (Å²) in [6.45, 7) is 10.1. The highest BCUT2D eigenvalue weighted by Gasteiger charge is 2.26. The van der Waals surface area contributed by atoms with Crippen LogP contribution in [0.1, 0.15) is 45.4 Å². The van der Waals surface area contributed by atoms with E-state index in [1.165, 1.54) is 0 Å². The normalized spacial score (nSPS) is 18.5. The Labute approximate surface area is 137 Å². The molecule has 1 fully saturated rings. The summed E-state index contributed by atoms with van der Waals surface area (Å²) >= 11 is 0. The first-order valence-corrected chi connectivity index (χ1v) is 8.62. The number of rotatable bonds is 6. The first kappa shape index (κ1) is 16.2. The number of aryl methyl sites for hydroxylation is 1. The van der Waals surface area contributed by atoms with E-state index in [0.717, 1.165) is 61.8 Å². The Balaban J connectivity index is 1.85. The van der Waals surface area contributed by atoms with Gasteiger partial charge in [0, 0.05) is 38.6 Å². The molecule has 0 saturated carbocycles. The van der Waals surface area contributed by atoms with Crippen LogP contribution in [0.4, 0.5) is 5.82 Å². The lowest BCUT2D eigenvalue weighted by molar-refractivity contribution is 0.106. The second-order valence-electron chi connectivity index (χ2n) is 6.74. The van der Waals surface area contributed by atoms with Crippen molar-refractivity contribution in [2.45, 2.75) is 39.5 Å². The van der Waals surface area contributed by atoms with Gasteiger partial charge in [-0.3, -0.25) is 4.68 Å². The van der Waals surface area contributed by atoms with Crippen LogP contribution in [0.3, 0.4) is 0 Å². The largest absolute Gasteiger partial charge is 0.381 e.